The normalized spacial score (nSPS) is 11.6. The Morgan fingerprint density at radius 3 is 2.74 bits per heavy atom. The number of hydrogen-bond donors (Lipinski definition) is 0. The van der Waals surface area contributed by atoms with E-state index in [1.54, 1.807) is 30.3 Å². The molecule has 0 aliphatic rings. The molecule has 1 aromatic heterocycles. The van der Waals surface area contributed by atoms with Crippen molar-refractivity contribution in [2.24, 2.45) is 0 Å². The average molecular weight is 286 g/mol. The lowest BCUT2D eigenvalue weighted by atomic mass is 10.2. The highest BCUT2D eigenvalue weighted by atomic mass is 32.2. The largest absolute Gasteiger partial charge is 0.465 e. The van der Waals surface area contributed by atoms with Crippen LogP contribution in [0.2, 0.25) is 0 Å². The molecule has 0 aliphatic heterocycles. The van der Waals surface area contributed by atoms with Gasteiger partial charge in [0.15, 0.2) is 0 Å². The Morgan fingerprint density at radius 1 is 1.47 bits per heavy atom. The summed E-state index contributed by atoms with van der Waals surface area (Å²) >= 11 is 0. The maximum absolute atomic E-state index is 11.6. The Morgan fingerprint density at radius 2 is 2.16 bits per heavy atom. The lowest BCUT2D eigenvalue weighted by molar-refractivity contribution is 0.0598. The van der Waals surface area contributed by atoms with Gasteiger partial charge in [-0.3, -0.25) is 9.88 Å². The third-order valence-corrected chi connectivity index (χ3v) is 3.48. The first-order valence-electron chi connectivity index (χ1n) is 5.72. The minimum atomic E-state index is -3.00. The Labute approximate surface area is 113 Å². The van der Waals surface area contributed by atoms with Gasteiger partial charge in [0.05, 0.1) is 24.1 Å². The summed E-state index contributed by atoms with van der Waals surface area (Å²) in [7, 11) is 0.0944. The molecule has 7 heteroatoms. The summed E-state index contributed by atoms with van der Waals surface area (Å²) in [5, 5.41) is 0. The first-order valence-corrected chi connectivity index (χ1v) is 7.78. The first kappa shape index (κ1) is 15.6. The molecule has 0 amide bonds. The fourth-order valence-corrected chi connectivity index (χ4v) is 2.16. The van der Waals surface area contributed by atoms with Gasteiger partial charge < -0.3 is 4.74 Å². The highest BCUT2D eigenvalue weighted by Gasteiger charge is 2.14. The molecule has 0 bridgehead atoms. The number of aromatic nitrogens is 1. The van der Waals surface area contributed by atoms with Crippen LogP contribution in [0.25, 0.3) is 0 Å². The molecule has 19 heavy (non-hydrogen) atoms. The number of pyridine rings is 1. The van der Waals surface area contributed by atoms with E-state index in [4.69, 9.17) is 0 Å². The second kappa shape index (κ2) is 6.63. The standard InChI is InChI=1S/C12H18N2O4S/c1-14(7-8-19(3,16)17)9-11-10(12(15)18-2)5-4-6-13-11/h4-6H,7-9H2,1-3H3. The molecule has 0 saturated heterocycles. The highest BCUT2D eigenvalue weighted by molar-refractivity contribution is 7.90. The van der Waals surface area contributed by atoms with Crippen LogP contribution >= 0.6 is 0 Å². The molecule has 0 fully saturated rings. The van der Waals surface area contributed by atoms with Crippen LogP contribution < -0.4 is 0 Å². The van der Waals surface area contributed by atoms with E-state index in [-0.39, 0.29) is 5.75 Å². The van der Waals surface area contributed by atoms with E-state index in [0.29, 0.717) is 24.3 Å². The number of carbonyl (C=O) groups is 1. The zero-order chi connectivity index (χ0) is 14.5. The predicted octanol–water partition coefficient (Wildman–Crippen LogP) is 0.345. The summed E-state index contributed by atoms with van der Waals surface area (Å²) in [5.74, 6) is -0.371. The van der Waals surface area contributed by atoms with Crippen molar-refractivity contribution in [1.29, 1.82) is 0 Å². The maximum Gasteiger partial charge on any atom is 0.339 e. The molecular weight excluding hydrogens is 268 g/mol. The second-order valence-electron chi connectivity index (χ2n) is 4.36. The summed E-state index contributed by atoms with van der Waals surface area (Å²) in [4.78, 5) is 17.5. The Hall–Kier alpha value is -1.47. The molecule has 0 unspecified atom stereocenters. The summed E-state index contributed by atoms with van der Waals surface area (Å²) in [6, 6.07) is 3.30. The van der Waals surface area contributed by atoms with Crippen molar-refractivity contribution in [3.8, 4) is 0 Å². The summed E-state index contributed by atoms with van der Waals surface area (Å²) in [5.41, 5.74) is 0.974. The lowest BCUT2D eigenvalue weighted by Gasteiger charge is -2.16. The van der Waals surface area contributed by atoms with E-state index in [9.17, 15) is 13.2 Å². The molecule has 106 valence electrons. The first-order chi connectivity index (χ1) is 8.83. The van der Waals surface area contributed by atoms with E-state index in [2.05, 4.69) is 9.72 Å². The predicted molar refractivity (Wildman–Crippen MR) is 71.6 cm³/mol. The molecular formula is C12H18N2O4S. The molecule has 1 rings (SSSR count). The summed E-state index contributed by atoms with van der Waals surface area (Å²) in [6.07, 6.45) is 2.79. The van der Waals surface area contributed by atoms with Gasteiger partial charge in [0.2, 0.25) is 0 Å². The van der Waals surface area contributed by atoms with Gasteiger partial charge in [0, 0.05) is 25.5 Å². The fraction of sp³-hybridized carbons (Fsp3) is 0.500. The molecule has 0 radical (unpaired) electrons. The van der Waals surface area contributed by atoms with Crippen molar-refractivity contribution in [2.45, 2.75) is 6.54 Å². The molecule has 1 heterocycles. The van der Waals surface area contributed by atoms with E-state index in [1.165, 1.54) is 13.4 Å². The fourth-order valence-electron chi connectivity index (χ4n) is 1.52. The number of carbonyl (C=O) groups excluding carboxylic acids is 1. The third kappa shape index (κ3) is 5.35. The number of methoxy groups -OCH3 is 1. The SMILES string of the molecule is COC(=O)c1cccnc1CN(C)CCS(C)(=O)=O. The molecule has 0 spiro atoms. The number of ether oxygens (including phenoxy) is 1. The lowest BCUT2D eigenvalue weighted by Crippen LogP contribution is -2.26. The van der Waals surface area contributed by atoms with Crippen molar-refractivity contribution in [3.63, 3.8) is 0 Å². The van der Waals surface area contributed by atoms with Gasteiger partial charge >= 0.3 is 5.97 Å². The molecule has 0 atom stereocenters. The van der Waals surface area contributed by atoms with Gasteiger partial charge in [-0.25, -0.2) is 13.2 Å². The zero-order valence-corrected chi connectivity index (χ0v) is 12.1. The van der Waals surface area contributed by atoms with Crippen LogP contribution in [0, 0.1) is 0 Å². The minimum absolute atomic E-state index is 0.0733. The van der Waals surface area contributed by atoms with Crippen LogP contribution in [0.5, 0.6) is 0 Å². The van der Waals surface area contributed by atoms with E-state index < -0.39 is 15.8 Å². The number of sulfone groups is 1. The van der Waals surface area contributed by atoms with Gasteiger partial charge in [-0.05, 0) is 19.2 Å². The van der Waals surface area contributed by atoms with Crippen molar-refractivity contribution >= 4 is 15.8 Å². The molecule has 6 nitrogen and oxygen atoms in total. The van der Waals surface area contributed by atoms with Crippen LogP contribution in [-0.4, -0.2) is 57.0 Å². The Bertz CT molecular complexity index is 542. The monoisotopic (exact) mass is 286 g/mol. The van der Waals surface area contributed by atoms with Gasteiger partial charge in [0.25, 0.3) is 0 Å². The third-order valence-electron chi connectivity index (χ3n) is 2.56. The second-order valence-corrected chi connectivity index (χ2v) is 6.62. The van der Waals surface area contributed by atoms with Gasteiger partial charge in [-0.1, -0.05) is 0 Å². The van der Waals surface area contributed by atoms with Crippen LogP contribution in [0.15, 0.2) is 18.3 Å². The molecule has 0 N–H and O–H groups in total. The van der Waals surface area contributed by atoms with Gasteiger partial charge in [-0.15, -0.1) is 0 Å². The van der Waals surface area contributed by atoms with Crippen LogP contribution in [0.1, 0.15) is 16.1 Å². The topological polar surface area (TPSA) is 76.6 Å². The van der Waals surface area contributed by atoms with Crippen LogP contribution in [0.3, 0.4) is 0 Å². The summed E-state index contributed by atoms with van der Waals surface area (Å²) in [6.45, 7) is 0.775. The number of nitrogens with zero attached hydrogens (tertiary/aromatic N) is 2. The van der Waals surface area contributed by atoms with Crippen molar-refractivity contribution in [1.82, 2.24) is 9.88 Å². The highest BCUT2D eigenvalue weighted by Crippen LogP contribution is 2.09. The van der Waals surface area contributed by atoms with E-state index >= 15 is 0 Å². The van der Waals surface area contributed by atoms with Gasteiger partial charge in [0.1, 0.15) is 9.84 Å². The summed E-state index contributed by atoms with van der Waals surface area (Å²) < 4.78 is 26.9. The average Bonchev–Trinajstić information content (AvgIpc) is 2.35. The van der Waals surface area contributed by atoms with Crippen LogP contribution in [-0.2, 0) is 21.1 Å². The van der Waals surface area contributed by atoms with E-state index in [0.717, 1.165) is 0 Å². The van der Waals surface area contributed by atoms with Crippen molar-refractivity contribution in [3.05, 3.63) is 29.6 Å². The number of hydrogen-bond acceptors (Lipinski definition) is 6. The van der Waals surface area contributed by atoms with Gasteiger partial charge in [-0.2, -0.15) is 0 Å². The maximum atomic E-state index is 11.6. The number of esters is 1. The quantitative estimate of drug-likeness (QED) is 0.702. The molecule has 0 aromatic carbocycles. The smallest absolute Gasteiger partial charge is 0.339 e. The Kier molecular flexibility index (Phi) is 5.44. The molecule has 0 aliphatic carbocycles. The van der Waals surface area contributed by atoms with E-state index in [1.807, 2.05) is 0 Å². The number of rotatable bonds is 6. The minimum Gasteiger partial charge on any atom is -0.465 e. The van der Waals surface area contributed by atoms with Crippen molar-refractivity contribution in [2.75, 3.05) is 32.7 Å². The van der Waals surface area contributed by atoms with Crippen LogP contribution in [0.4, 0.5) is 0 Å². The van der Waals surface area contributed by atoms with Crippen molar-refractivity contribution < 1.29 is 17.9 Å². The molecule has 0 saturated carbocycles. The zero-order valence-electron chi connectivity index (χ0n) is 11.3. The Balaban J connectivity index is 2.74. The molecule has 1 aromatic rings.